The number of hydrogen-bond donors (Lipinski definition) is 1. The van der Waals surface area contributed by atoms with Crippen LogP contribution in [0.4, 0.5) is 18.9 Å². The Morgan fingerprint density at radius 3 is 2.71 bits per heavy atom. The van der Waals surface area contributed by atoms with Gasteiger partial charge in [0.15, 0.2) is 11.3 Å². The summed E-state index contributed by atoms with van der Waals surface area (Å²) in [5, 5.41) is 4.47. The van der Waals surface area contributed by atoms with Gasteiger partial charge in [-0.1, -0.05) is 0 Å². The molecule has 0 radical (unpaired) electrons. The van der Waals surface area contributed by atoms with E-state index in [4.69, 9.17) is 0 Å². The first-order valence-corrected chi connectivity index (χ1v) is 12.7. The van der Waals surface area contributed by atoms with Crippen LogP contribution < -0.4 is 10.3 Å². The standard InChI is InChI=1S/C24H29F3N6S/c1-31-22(17-4-2-10-28-14-17)29-30-23(31)34-13-3-11-32-15-18-9-12-33(21(18)16-32)20-7-5-19(6-8-20)24(25,26)27/h2,4-8,10,14,18,21,23,30H,3,9,11-13,15-16H2,1H3. The quantitative estimate of drug-likeness (QED) is 0.594. The molecule has 10 heteroatoms. The van der Waals surface area contributed by atoms with Gasteiger partial charge in [0.2, 0.25) is 0 Å². The first kappa shape index (κ1) is 23.3. The van der Waals surface area contributed by atoms with Crippen molar-refractivity contribution in [1.82, 2.24) is 20.2 Å². The summed E-state index contributed by atoms with van der Waals surface area (Å²) in [6.45, 7) is 4.01. The smallest absolute Gasteiger partial charge is 0.367 e. The lowest BCUT2D eigenvalue weighted by atomic mass is 10.0. The van der Waals surface area contributed by atoms with E-state index < -0.39 is 11.7 Å². The van der Waals surface area contributed by atoms with E-state index in [2.05, 4.69) is 30.2 Å². The number of fused-ring (bicyclic) bond motifs is 1. The molecule has 1 aromatic carbocycles. The molecule has 3 unspecified atom stereocenters. The average molecular weight is 491 g/mol. The number of thioether (sulfide) groups is 1. The summed E-state index contributed by atoms with van der Waals surface area (Å²) in [5.41, 5.74) is 4.64. The predicted molar refractivity (Wildman–Crippen MR) is 130 cm³/mol. The Kier molecular flexibility index (Phi) is 6.61. The van der Waals surface area contributed by atoms with Crippen LogP contribution in [0.1, 0.15) is 24.0 Å². The van der Waals surface area contributed by atoms with Crippen LogP contribution in [-0.2, 0) is 6.18 Å². The van der Waals surface area contributed by atoms with E-state index in [0.29, 0.717) is 12.0 Å². The number of benzene rings is 1. The number of hydrogen-bond acceptors (Lipinski definition) is 7. The molecule has 5 rings (SSSR count). The second kappa shape index (κ2) is 9.65. The molecule has 0 amide bonds. The largest absolute Gasteiger partial charge is 0.416 e. The summed E-state index contributed by atoms with van der Waals surface area (Å²) in [6.07, 6.45) is 1.47. The van der Waals surface area contributed by atoms with Crippen molar-refractivity contribution < 1.29 is 13.2 Å². The van der Waals surface area contributed by atoms with E-state index in [0.717, 1.165) is 61.9 Å². The molecule has 3 atom stereocenters. The van der Waals surface area contributed by atoms with Gasteiger partial charge in [0.25, 0.3) is 0 Å². The summed E-state index contributed by atoms with van der Waals surface area (Å²) in [5.74, 6) is 2.51. The lowest BCUT2D eigenvalue weighted by Crippen LogP contribution is -2.36. The number of anilines is 1. The number of nitrogens with one attached hydrogen (secondary N) is 1. The van der Waals surface area contributed by atoms with Gasteiger partial charge in [0.1, 0.15) is 0 Å². The SMILES string of the molecule is CN1C(c2cccnc2)=NNC1SCCCN1CC2CCN(c3ccc(C(F)(F)F)cc3)C2C1. The van der Waals surface area contributed by atoms with Crippen LogP contribution in [0.5, 0.6) is 0 Å². The number of amidine groups is 1. The van der Waals surface area contributed by atoms with Crippen molar-refractivity contribution in [3.05, 3.63) is 59.9 Å². The maximum Gasteiger partial charge on any atom is 0.416 e. The second-order valence-electron chi connectivity index (χ2n) is 9.11. The first-order valence-electron chi connectivity index (χ1n) is 11.6. The molecular weight excluding hydrogens is 461 g/mol. The molecule has 0 saturated carbocycles. The molecule has 3 aliphatic heterocycles. The van der Waals surface area contributed by atoms with Crippen molar-refractivity contribution in [3.63, 3.8) is 0 Å². The zero-order chi connectivity index (χ0) is 23.7. The Balaban J connectivity index is 1.07. The molecule has 0 bridgehead atoms. The highest BCUT2D eigenvalue weighted by atomic mass is 32.2. The fourth-order valence-electron chi connectivity index (χ4n) is 5.18. The number of aromatic nitrogens is 1. The van der Waals surface area contributed by atoms with Gasteiger partial charge in [-0.15, -0.1) is 11.8 Å². The van der Waals surface area contributed by atoms with Crippen molar-refractivity contribution in [2.75, 3.05) is 43.9 Å². The van der Waals surface area contributed by atoms with Crippen LogP contribution in [0.3, 0.4) is 0 Å². The average Bonchev–Trinajstić information content (AvgIpc) is 3.51. The zero-order valence-electron chi connectivity index (χ0n) is 19.1. The summed E-state index contributed by atoms with van der Waals surface area (Å²) in [7, 11) is 2.04. The Hall–Kier alpha value is -2.46. The number of likely N-dealkylation sites (tertiary alicyclic amines) is 1. The number of pyridine rings is 1. The van der Waals surface area contributed by atoms with Crippen molar-refractivity contribution in [1.29, 1.82) is 0 Å². The molecule has 34 heavy (non-hydrogen) atoms. The Morgan fingerprint density at radius 2 is 1.97 bits per heavy atom. The molecule has 0 aliphatic carbocycles. The molecular formula is C24H29F3N6S. The second-order valence-corrected chi connectivity index (χ2v) is 10.3. The molecule has 182 valence electrons. The van der Waals surface area contributed by atoms with E-state index in [1.165, 1.54) is 12.1 Å². The van der Waals surface area contributed by atoms with Crippen LogP contribution in [0.2, 0.25) is 0 Å². The van der Waals surface area contributed by atoms with Crippen LogP contribution in [0.15, 0.2) is 53.9 Å². The molecule has 2 saturated heterocycles. The third kappa shape index (κ3) is 4.84. The fraction of sp³-hybridized carbons (Fsp3) is 0.500. The number of halogens is 3. The van der Waals surface area contributed by atoms with E-state index in [1.54, 1.807) is 18.3 Å². The van der Waals surface area contributed by atoms with Crippen LogP contribution in [-0.4, -0.2) is 71.1 Å². The third-order valence-electron chi connectivity index (χ3n) is 6.93. The van der Waals surface area contributed by atoms with Gasteiger partial charge in [-0.2, -0.15) is 18.3 Å². The molecule has 1 aromatic heterocycles. The molecule has 2 fully saturated rings. The molecule has 4 heterocycles. The number of rotatable bonds is 7. The molecule has 2 aromatic rings. The Bertz CT molecular complexity index is 1000. The van der Waals surface area contributed by atoms with Crippen LogP contribution in [0, 0.1) is 5.92 Å². The Morgan fingerprint density at radius 1 is 1.15 bits per heavy atom. The summed E-state index contributed by atoms with van der Waals surface area (Å²) in [4.78, 5) is 11.1. The highest BCUT2D eigenvalue weighted by Crippen LogP contribution is 2.37. The topological polar surface area (TPSA) is 47.0 Å². The highest BCUT2D eigenvalue weighted by Gasteiger charge is 2.41. The maximum absolute atomic E-state index is 12.9. The van der Waals surface area contributed by atoms with Gasteiger partial charge in [-0.05, 0) is 67.5 Å². The van der Waals surface area contributed by atoms with Crippen molar-refractivity contribution in [2.45, 2.75) is 30.6 Å². The lowest BCUT2D eigenvalue weighted by molar-refractivity contribution is -0.137. The normalized spacial score (nSPS) is 24.9. The van der Waals surface area contributed by atoms with Gasteiger partial charge in [-0.25, -0.2) is 0 Å². The highest BCUT2D eigenvalue weighted by molar-refractivity contribution is 7.99. The predicted octanol–water partition coefficient (Wildman–Crippen LogP) is 3.91. The van der Waals surface area contributed by atoms with Gasteiger partial charge in [-0.3, -0.25) is 10.4 Å². The molecule has 0 spiro atoms. The van der Waals surface area contributed by atoms with Gasteiger partial charge < -0.3 is 14.7 Å². The summed E-state index contributed by atoms with van der Waals surface area (Å²) in [6, 6.07) is 9.96. The maximum atomic E-state index is 12.9. The summed E-state index contributed by atoms with van der Waals surface area (Å²) >= 11 is 1.85. The number of hydrazone groups is 1. The van der Waals surface area contributed by atoms with E-state index >= 15 is 0 Å². The molecule has 6 nitrogen and oxygen atoms in total. The molecule has 1 N–H and O–H groups in total. The first-order chi connectivity index (χ1) is 16.4. The van der Waals surface area contributed by atoms with E-state index in [1.807, 2.05) is 37.1 Å². The minimum Gasteiger partial charge on any atom is -0.367 e. The number of nitrogens with zero attached hydrogens (tertiary/aromatic N) is 5. The fourth-order valence-corrected chi connectivity index (χ4v) is 6.15. The van der Waals surface area contributed by atoms with E-state index in [-0.39, 0.29) is 5.50 Å². The van der Waals surface area contributed by atoms with Gasteiger partial charge in [0, 0.05) is 56.4 Å². The van der Waals surface area contributed by atoms with Crippen LogP contribution >= 0.6 is 11.8 Å². The minimum atomic E-state index is -4.29. The van der Waals surface area contributed by atoms with E-state index in [9.17, 15) is 13.2 Å². The van der Waals surface area contributed by atoms with Gasteiger partial charge >= 0.3 is 6.18 Å². The third-order valence-corrected chi connectivity index (χ3v) is 8.19. The zero-order valence-corrected chi connectivity index (χ0v) is 19.9. The van der Waals surface area contributed by atoms with Crippen molar-refractivity contribution in [2.24, 2.45) is 11.0 Å². The van der Waals surface area contributed by atoms with Gasteiger partial charge in [0.05, 0.1) is 5.56 Å². The summed E-state index contributed by atoms with van der Waals surface area (Å²) < 4.78 is 38.7. The van der Waals surface area contributed by atoms with Crippen molar-refractivity contribution in [3.8, 4) is 0 Å². The van der Waals surface area contributed by atoms with Crippen LogP contribution in [0.25, 0.3) is 0 Å². The lowest BCUT2D eigenvalue weighted by Gasteiger charge is -2.27. The van der Waals surface area contributed by atoms with Crippen molar-refractivity contribution >= 4 is 23.3 Å². The number of alkyl halides is 3. The molecule has 3 aliphatic rings. The monoisotopic (exact) mass is 490 g/mol. The minimum absolute atomic E-state index is 0.114. The Labute approximate surface area is 202 Å².